The molecule has 0 amide bonds. The molecule has 0 saturated carbocycles. The van der Waals surface area contributed by atoms with Crippen LogP contribution in [0.25, 0.3) is 0 Å². The van der Waals surface area contributed by atoms with E-state index in [4.69, 9.17) is 5.73 Å². The Morgan fingerprint density at radius 3 is 1.57 bits per heavy atom. The third kappa shape index (κ3) is 17.9. The second-order valence-electron chi connectivity index (χ2n) is 6.68. The Morgan fingerprint density at radius 1 is 0.714 bits per heavy atom. The highest BCUT2D eigenvalue weighted by molar-refractivity contribution is 4.60. The predicted octanol–water partition coefficient (Wildman–Crippen LogP) is 5.40. The minimum Gasteiger partial charge on any atom is -0.329 e. The molecule has 0 aliphatic carbocycles. The Balaban J connectivity index is 3.02. The van der Waals surface area contributed by atoms with Crippen LogP contribution in [0.1, 0.15) is 104 Å². The van der Waals surface area contributed by atoms with Crippen molar-refractivity contribution in [3.8, 4) is 0 Å². The molecule has 0 saturated heterocycles. The van der Waals surface area contributed by atoms with E-state index in [1.807, 2.05) is 0 Å². The summed E-state index contributed by atoms with van der Waals surface area (Å²) in [6, 6.07) is 0.640. The summed E-state index contributed by atoms with van der Waals surface area (Å²) in [6.07, 6.45) is 20.0. The second-order valence-corrected chi connectivity index (χ2v) is 6.68. The van der Waals surface area contributed by atoms with Crippen LogP contribution in [0.4, 0.5) is 0 Å². The van der Waals surface area contributed by atoms with Crippen molar-refractivity contribution in [1.82, 2.24) is 5.32 Å². The molecule has 0 bridgehead atoms. The Kier molecular flexibility index (Phi) is 17.9. The molecule has 0 radical (unpaired) electrons. The van der Waals surface area contributed by atoms with Crippen LogP contribution in [0.5, 0.6) is 0 Å². The van der Waals surface area contributed by atoms with Crippen LogP contribution in [0.15, 0.2) is 0 Å². The van der Waals surface area contributed by atoms with Gasteiger partial charge in [0.2, 0.25) is 0 Å². The van der Waals surface area contributed by atoms with Crippen LogP contribution in [-0.4, -0.2) is 19.1 Å². The third-order valence-corrected chi connectivity index (χ3v) is 4.38. The zero-order valence-electron chi connectivity index (χ0n) is 15.0. The van der Waals surface area contributed by atoms with Gasteiger partial charge in [-0.2, -0.15) is 0 Å². The molecule has 2 heteroatoms. The molecule has 0 fully saturated rings. The summed E-state index contributed by atoms with van der Waals surface area (Å²) in [5.74, 6) is 0. The van der Waals surface area contributed by atoms with Crippen molar-refractivity contribution in [2.75, 3.05) is 13.1 Å². The highest BCUT2D eigenvalue weighted by Gasteiger charge is 1.99. The summed E-state index contributed by atoms with van der Waals surface area (Å²) in [7, 11) is 0. The van der Waals surface area contributed by atoms with E-state index in [1.54, 1.807) is 0 Å². The number of unbranched alkanes of at least 4 members (excludes halogenated alkanes) is 12. The Morgan fingerprint density at radius 2 is 1.14 bits per heavy atom. The van der Waals surface area contributed by atoms with Gasteiger partial charge in [-0.25, -0.2) is 0 Å². The third-order valence-electron chi connectivity index (χ3n) is 4.38. The number of hydrogen-bond acceptors (Lipinski definition) is 2. The van der Waals surface area contributed by atoms with Gasteiger partial charge in [0.15, 0.2) is 0 Å². The molecule has 0 spiro atoms. The smallest absolute Gasteiger partial charge is 0.00769 e. The van der Waals surface area contributed by atoms with E-state index in [-0.39, 0.29) is 0 Å². The van der Waals surface area contributed by atoms with E-state index in [1.165, 1.54) is 89.9 Å². The van der Waals surface area contributed by atoms with Crippen molar-refractivity contribution in [2.45, 2.75) is 110 Å². The van der Waals surface area contributed by atoms with Crippen molar-refractivity contribution < 1.29 is 0 Å². The molecule has 2 nitrogen and oxygen atoms in total. The first-order valence-electron chi connectivity index (χ1n) is 9.74. The molecule has 0 aliphatic rings. The van der Waals surface area contributed by atoms with Gasteiger partial charge >= 0.3 is 0 Å². The molecule has 1 atom stereocenters. The summed E-state index contributed by atoms with van der Waals surface area (Å²) >= 11 is 0. The topological polar surface area (TPSA) is 38.0 Å². The van der Waals surface area contributed by atoms with Gasteiger partial charge in [0.25, 0.3) is 0 Å². The van der Waals surface area contributed by atoms with E-state index in [0.717, 1.165) is 13.1 Å². The number of rotatable bonds is 17. The fraction of sp³-hybridized carbons (Fsp3) is 1.00. The lowest BCUT2D eigenvalue weighted by atomic mass is 10.0. The molecule has 128 valence electrons. The maximum absolute atomic E-state index is 5.49. The van der Waals surface area contributed by atoms with Gasteiger partial charge in [-0.05, 0) is 13.3 Å². The molecule has 1 unspecified atom stereocenters. The van der Waals surface area contributed by atoms with Gasteiger partial charge in [-0.3, -0.25) is 0 Å². The van der Waals surface area contributed by atoms with Crippen molar-refractivity contribution in [3.05, 3.63) is 0 Å². The summed E-state index contributed by atoms with van der Waals surface area (Å²) < 4.78 is 0. The van der Waals surface area contributed by atoms with Crippen LogP contribution in [0, 0.1) is 0 Å². The highest BCUT2D eigenvalue weighted by Crippen LogP contribution is 2.13. The zero-order valence-corrected chi connectivity index (χ0v) is 15.0. The summed E-state index contributed by atoms with van der Waals surface area (Å²) in [6.45, 7) is 6.27. The maximum Gasteiger partial charge on any atom is 0.00769 e. The molecular formula is C19H42N2. The van der Waals surface area contributed by atoms with Crippen LogP contribution in [0.2, 0.25) is 0 Å². The summed E-state index contributed by atoms with van der Waals surface area (Å²) in [5.41, 5.74) is 5.49. The lowest BCUT2D eigenvalue weighted by molar-refractivity contribution is 0.479. The molecule has 0 aliphatic heterocycles. The van der Waals surface area contributed by atoms with Crippen molar-refractivity contribution in [2.24, 2.45) is 5.73 Å². The van der Waals surface area contributed by atoms with E-state index in [9.17, 15) is 0 Å². The molecule has 0 aromatic carbocycles. The lowest BCUT2D eigenvalue weighted by Crippen LogP contribution is -2.30. The fourth-order valence-electron chi connectivity index (χ4n) is 2.90. The van der Waals surface area contributed by atoms with E-state index in [2.05, 4.69) is 19.2 Å². The Hall–Kier alpha value is -0.0800. The standard InChI is InChI=1S/C19H42N2/c1-3-4-5-6-7-8-9-10-11-12-13-14-15-16-19(2)21-18-17-20/h19,21H,3-18,20H2,1-2H3. The van der Waals surface area contributed by atoms with Gasteiger partial charge in [-0.15, -0.1) is 0 Å². The summed E-state index contributed by atoms with van der Waals surface area (Å²) in [5, 5.41) is 3.45. The first-order valence-corrected chi connectivity index (χ1v) is 9.74. The predicted molar refractivity (Wildman–Crippen MR) is 96.8 cm³/mol. The number of hydrogen-bond donors (Lipinski definition) is 2. The molecule has 0 aromatic rings. The van der Waals surface area contributed by atoms with Crippen molar-refractivity contribution in [1.29, 1.82) is 0 Å². The SMILES string of the molecule is CCCCCCCCCCCCCCCC(C)NCCN. The van der Waals surface area contributed by atoms with E-state index in [0.29, 0.717) is 6.04 Å². The van der Waals surface area contributed by atoms with Gasteiger partial charge in [0, 0.05) is 19.1 Å². The van der Waals surface area contributed by atoms with Crippen molar-refractivity contribution >= 4 is 0 Å². The fourth-order valence-corrected chi connectivity index (χ4v) is 2.90. The molecule has 21 heavy (non-hydrogen) atoms. The average molecular weight is 299 g/mol. The van der Waals surface area contributed by atoms with Crippen LogP contribution in [0.3, 0.4) is 0 Å². The van der Waals surface area contributed by atoms with Crippen LogP contribution in [-0.2, 0) is 0 Å². The van der Waals surface area contributed by atoms with Gasteiger partial charge in [-0.1, -0.05) is 90.4 Å². The lowest BCUT2D eigenvalue weighted by Gasteiger charge is -2.12. The average Bonchev–Trinajstić information content (AvgIpc) is 2.49. The monoisotopic (exact) mass is 298 g/mol. The molecule has 3 N–H and O–H groups in total. The Labute approximate surface area is 134 Å². The van der Waals surface area contributed by atoms with Gasteiger partial charge in [0.05, 0.1) is 0 Å². The molecule has 0 rings (SSSR count). The van der Waals surface area contributed by atoms with Gasteiger partial charge < -0.3 is 11.1 Å². The molecule has 0 heterocycles. The largest absolute Gasteiger partial charge is 0.329 e. The summed E-state index contributed by atoms with van der Waals surface area (Å²) in [4.78, 5) is 0. The van der Waals surface area contributed by atoms with E-state index >= 15 is 0 Å². The first-order chi connectivity index (χ1) is 10.3. The van der Waals surface area contributed by atoms with Crippen LogP contribution >= 0.6 is 0 Å². The zero-order chi connectivity index (χ0) is 15.6. The van der Waals surface area contributed by atoms with E-state index < -0.39 is 0 Å². The van der Waals surface area contributed by atoms with Crippen molar-refractivity contribution in [3.63, 3.8) is 0 Å². The first kappa shape index (κ1) is 20.9. The second kappa shape index (κ2) is 18.0. The maximum atomic E-state index is 5.49. The number of nitrogens with one attached hydrogen (secondary N) is 1. The van der Waals surface area contributed by atoms with Crippen LogP contribution < -0.4 is 11.1 Å². The minimum absolute atomic E-state index is 0.640. The Bertz CT molecular complexity index is 182. The van der Waals surface area contributed by atoms with Gasteiger partial charge in [0.1, 0.15) is 0 Å². The normalized spacial score (nSPS) is 12.7. The number of nitrogens with two attached hydrogens (primary N) is 1. The highest BCUT2D eigenvalue weighted by atomic mass is 14.9. The molecular weight excluding hydrogens is 256 g/mol. The quantitative estimate of drug-likeness (QED) is 0.353. The minimum atomic E-state index is 0.640. The molecule has 0 aromatic heterocycles.